The molecule has 4 nitrogen and oxygen atoms in total. The van der Waals surface area contributed by atoms with Gasteiger partial charge >= 0.3 is 0 Å². The molecule has 0 bridgehead atoms. The minimum atomic E-state index is 0.952. The number of nitrogens with zero attached hydrogens (tertiary/aromatic N) is 2. The maximum Gasteiger partial charge on any atom is 0.298 e. The molecule has 1 aromatic rings. The second-order valence-corrected chi connectivity index (χ2v) is 2.34. The average Bonchev–Trinajstić information content (AvgIpc) is 2.41. The number of rotatable bonds is 4. The van der Waals surface area contributed by atoms with Crippen LogP contribution in [0.25, 0.3) is 0 Å². The highest BCUT2D eigenvalue weighted by molar-refractivity contribution is 4.66. The first-order valence-corrected chi connectivity index (χ1v) is 3.71. The molecule has 10 heavy (non-hydrogen) atoms. The van der Waals surface area contributed by atoms with Crippen molar-refractivity contribution < 1.29 is 5.10 Å². The van der Waals surface area contributed by atoms with Crippen molar-refractivity contribution in [3.05, 3.63) is 5.82 Å². The second kappa shape index (κ2) is 3.98. The Morgan fingerprint density at radius 3 is 3.00 bits per heavy atom. The van der Waals surface area contributed by atoms with Crippen LogP contribution in [0.2, 0.25) is 0 Å². The van der Waals surface area contributed by atoms with E-state index < -0.39 is 0 Å². The number of unbranched alkanes of at least 4 members (excludes halogenated alkanes) is 2. The number of hydrogen-bond acceptors (Lipinski definition) is 2. The van der Waals surface area contributed by atoms with Crippen molar-refractivity contribution in [2.45, 2.75) is 32.6 Å². The van der Waals surface area contributed by atoms with Gasteiger partial charge in [0.25, 0.3) is 5.82 Å². The molecule has 0 amide bonds. The normalized spacial score (nSPS) is 10.1. The summed E-state index contributed by atoms with van der Waals surface area (Å²) in [7, 11) is 0. The van der Waals surface area contributed by atoms with E-state index in [0.29, 0.717) is 0 Å². The molecule has 0 spiro atoms. The van der Waals surface area contributed by atoms with Crippen molar-refractivity contribution in [2.75, 3.05) is 0 Å². The fourth-order valence-corrected chi connectivity index (χ4v) is 0.855. The third kappa shape index (κ3) is 2.13. The van der Waals surface area contributed by atoms with Gasteiger partial charge in [-0.2, -0.15) is 5.10 Å². The van der Waals surface area contributed by atoms with Gasteiger partial charge in [-0.1, -0.05) is 25.0 Å². The summed E-state index contributed by atoms with van der Waals surface area (Å²) in [6, 6.07) is 0. The fraction of sp³-hybridized carbons (Fsp3) is 0.833. The van der Waals surface area contributed by atoms with E-state index in [1.807, 2.05) is 0 Å². The molecule has 2 N–H and O–H groups in total. The fourth-order valence-electron chi connectivity index (χ4n) is 0.855. The first kappa shape index (κ1) is 7.18. The van der Waals surface area contributed by atoms with Gasteiger partial charge in [-0.05, 0) is 6.42 Å². The smallest absolute Gasteiger partial charge is 0.176 e. The van der Waals surface area contributed by atoms with E-state index in [9.17, 15) is 0 Å². The van der Waals surface area contributed by atoms with Crippen LogP contribution in [0.15, 0.2) is 0 Å². The molecule has 0 atom stereocenters. The lowest BCUT2D eigenvalue weighted by Crippen LogP contribution is -2.09. The monoisotopic (exact) mass is 141 g/mol. The maximum absolute atomic E-state index is 3.83. The Bertz CT molecular complexity index is 158. The lowest BCUT2D eigenvalue weighted by molar-refractivity contribution is -0.466. The maximum atomic E-state index is 3.83. The summed E-state index contributed by atoms with van der Waals surface area (Å²) < 4.78 is 0. The predicted molar refractivity (Wildman–Crippen MR) is 36.2 cm³/mol. The van der Waals surface area contributed by atoms with Crippen molar-refractivity contribution in [1.29, 1.82) is 0 Å². The first-order chi connectivity index (χ1) is 4.93. The van der Waals surface area contributed by atoms with Crippen LogP contribution in [0.4, 0.5) is 0 Å². The summed E-state index contributed by atoms with van der Waals surface area (Å²) >= 11 is 0. The Labute approximate surface area is 60.0 Å². The van der Waals surface area contributed by atoms with Gasteiger partial charge in [0, 0.05) is 6.42 Å². The van der Waals surface area contributed by atoms with E-state index in [2.05, 4.69) is 27.5 Å². The summed E-state index contributed by atoms with van der Waals surface area (Å²) in [5, 5.41) is 12.8. The molecule has 4 heteroatoms. The van der Waals surface area contributed by atoms with E-state index in [1.165, 1.54) is 19.3 Å². The molecule has 0 saturated carbocycles. The number of aryl methyl sites for hydroxylation is 1. The van der Waals surface area contributed by atoms with Gasteiger partial charge in [-0.15, -0.1) is 0 Å². The van der Waals surface area contributed by atoms with Gasteiger partial charge < -0.3 is 0 Å². The zero-order valence-electron chi connectivity index (χ0n) is 6.22. The van der Waals surface area contributed by atoms with E-state index >= 15 is 0 Å². The second-order valence-electron chi connectivity index (χ2n) is 2.34. The topological polar surface area (TPSA) is 55.7 Å². The Balaban J connectivity index is 2.15. The number of aromatic nitrogens is 4. The van der Waals surface area contributed by atoms with Gasteiger partial charge in [-0.3, -0.25) is 0 Å². The third-order valence-electron chi connectivity index (χ3n) is 1.44. The molecular formula is C6H13N4+. The van der Waals surface area contributed by atoms with E-state index in [-0.39, 0.29) is 0 Å². The molecule has 0 radical (unpaired) electrons. The SMILES string of the molecule is CCCCCc1nn[nH][nH+]1. The first-order valence-electron chi connectivity index (χ1n) is 3.71. The molecular weight excluding hydrogens is 128 g/mol. The zero-order chi connectivity index (χ0) is 7.23. The number of tetrazole rings is 1. The standard InChI is InChI=1S/C6H12N4/c1-2-3-4-5-6-7-9-10-8-6/h2-5H2,1H3,(H,7,8,9,10)/p+1. The Morgan fingerprint density at radius 1 is 1.50 bits per heavy atom. The molecule has 56 valence electrons. The molecule has 0 aliphatic rings. The molecule has 0 unspecified atom stereocenters. The molecule has 1 heterocycles. The minimum absolute atomic E-state index is 0.952. The molecule has 1 aromatic heterocycles. The number of H-pyrrole nitrogens is 2. The Hall–Kier alpha value is -0.930. The van der Waals surface area contributed by atoms with Crippen molar-refractivity contribution >= 4 is 0 Å². The largest absolute Gasteiger partial charge is 0.298 e. The van der Waals surface area contributed by atoms with Crippen molar-refractivity contribution in [3.63, 3.8) is 0 Å². The van der Waals surface area contributed by atoms with E-state index in [0.717, 1.165) is 12.2 Å². The van der Waals surface area contributed by atoms with Gasteiger partial charge in [0.2, 0.25) is 0 Å². The Kier molecular flexibility index (Phi) is 2.86. The van der Waals surface area contributed by atoms with Crippen molar-refractivity contribution in [3.8, 4) is 0 Å². The van der Waals surface area contributed by atoms with Crippen LogP contribution in [-0.4, -0.2) is 15.5 Å². The van der Waals surface area contributed by atoms with Crippen molar-refractivity contribution in [1.82, 2.24) is 15.5 Å². The van der Waals surface area contributed by atoms with Crippen LogP contribution >= 0.6 is 0 Å². The van der Waals surface area contributed by atoms with Crippen LogP contribution in [0.3, 0.4) is 0 Å². The zero-order valence-corrected chi connectivity index (χ0v) is 6.22. The van der Waals surface area contributed by atoms with Crippen LogP contribution in [0.5, 0.6) is 0 Å². The van der Waals surface area contributed by atoms with Crippen LogP contribution in [0.1, 0.15) is 32.0 Å². The summed E-state index contributed by atoms with van der Waals surface area (Å²) in [6.45, 7) is 2.19. The average molecular weight is 141 g/mol. The molecule has 0 aliphatic carbocycles. The van der Waals surface area contributed by atoms with Crippen LogP contribution < -0.4 is 5.10 Å². The van der Waals surface area contributed by atoms with E-state index in [1.54, 1.807) is 0 Å². The summed E-state index contributed by atoms with van der Waals surface area (Å²) in [4.78, 5) is 0. The third-order valence-corrected chi connectivity index (χ3v) is 1.44. The quantitative estimate of drug-likeness (QED) is 0.615. The lowest BCUT2D eigenvalue weighted by Gasteiger charge is -1.87. The van der Waals surface area contributed by atoms with Crippen molar-refractivity contribution in [2.24, 2.45) is 0 Å². The van der Waals surface area contributed by atoms with Crippen LogP contribution in [-0.2, 0) is 6.42 Å². The number of aromatic amines is 2. The summed E-state index contributed by atoms with van der Waals surface area (Å²) in [6.07, 6.45) is 4.71. The molecule has 0 aliphatic heterocycles. The highest BCUT2D eigenvalue weighted by atomic mass is 15.5. The van der Waals surface area contributed by atoms with Gasteiger partial charge in [-0.25, -0.2) is 0 Å². The summed E-state index contributed by atoms with van der Waals surface area (Å²) in [5.74, 6) is 0.952. The van der Waals surface area contributed by atoms with E-state index in [4.69, 9.17) is 0 Å². The van der Waals surface area contributed by atoms with Gasteiger partial charge in [0.1, 0.15) is 5.10 Å². The highest BCUT2D eigenvalue weighted by Gasteiger charge is 2.02. The number of nitrogens with one attached hydrogen (secondary N) is 2. The molecule has 1 rings (SSSR count). The molecule has 0 fully saturated rings. The molecule has 0 saturated heterocycles. The summed E-state index contributed by atoms with van der Waals surface area (Å²) in [5.41, 5.74) is 0. The van der Waals surface area contributed by atoms with Crippen LogP contribution in [0, 0.1) is 0 Å². The predicted octanol–water partition coefficient (Wildman–Crippen LogP) is 0.352. The molecule has 0 aromatic carbocycles. The highest BCUT2D eigenvalue weighted by Crippen LogP contribution is 1.97. The minimum Gasteiger partial charge on any atom is -0.176 e. The van der Waals surface area contributed by atoms with Gasteiger partial charge in [0.15, 0.2) is 5.21 Å². The van der Waals surface area contributed by atoms with Gasteiger partial charge in [0.05, 0.1) is 0 Å². The Morgan fingerprint density at radius 2 is 2.40 bits per heavy atom. The lowest BCUT2D eigenvalue weighted by atomic mass is 10.2. The number of hydrogen-bond donors (Lipinski definition) is 1.